The Morgan fingerprint density at radius 2 is 2.18 bits per heavy atom. The van der Waals surface area contributed by atoms with E-state index in [-0.39, 0.29) is 18.4 Å². The van der Waals surface area contributed by atoms with Crippen molar-refractivity contribution in [1.29, 1.82) is 0 Å². The van der Waals surface area contributed by atoms with Crippen LogP contribution in [0.15, 0.2) is 0 Å². The predicted molar refractivity (Wildman–Crippen MR) is 68.3 cm³/mol. The summed E-state index contributed by atoms with van der Waals surface area (Å²) in [5.74, 6) is 0.256. The molecule has 0 aromatic rings. The zero-order valence-corrected chi connectivity index (χ0v) is 11.6. The van der Waals surface area contributed by atoms with Gasteiger partial charge in [0, 0.05) is 35.4 Å². The quantitative estimate of drug-likeness (QED) is 0.576. The van der Waals surface area contributed by atoms with Gasteiger partial charge >= 0.3 is 5.97 Å². The van der Waals surface area contributed by atoms with Gasteiger partial charge in [-0.1, -0.05) is 0 Å². The number of nitrogens with one attached hydrogen (secondary N) is 1. The second-order valence-corrected chi connectivity index (χ2v) is 5.59. The van der Waals surface area contributed by atoms with Crippen molar-refractivity contribution in [3.8, 4) is 0 Å². The maximum Gasteiger partial charge on any atom is 0.308 e. The van der Waals surface area contributed by atoms with E-state index in [1.165, 1.54) is 0 Å². The number of ether oxygens (including phenoxy) is 1. The molecule has 0 heterocycles. The fourth-order valence-electron chi connectivity index (χ4n) is 1.27. The highest BCUT2D eigenvalue weighted by Crippen LogP contribution is 1.97. The van der Waals surface area contributed by atoms with Crippen LogP contribution in [0.5, 0.6) is 0 Å². The average Bonchev–Trinajstić information content (AvgIpc) is 2.23. The lowest BCUT2D eigenvalue weighted by Gasteiger charge is -2.16. The van der Waals surface area contributed by atoms with Crippen LogP contribution in [0.1, 0.15) is 26.7 Å². The molecule has 0 spiro atoms. The van der Waals surface area contributed by atoms with Gasteiger partial charge in [-0.25, -0.2) is 0 Å². The average molecular weight is 265 g/mol. The third-order valence-electron chi connectivity index (χ3n) is 2.25. The highest BCUT2D eigenvalue weighted by atomic mass is 32.2. The van der Waals surface area contributed by atoms with Crippen molar-refractivity contribution in [3.05, 3.63) is 0 Å². The van der Waals surface area contributed by atoms with Crippen LogP contribution in [0.4, 0.5) is 0 Å². The second-order valence-electron chi connectivity index (χ2n) is 4.04. The Morgan fingerprint density at radius 1 is 1.53 bits per heavy atom. The van der Waals surface area contributed by atoms with E-state index in [0.717, 1.165) is 6.42 Å². The predicted octanol–water partition coefficient (Wildman–Crippen LogP) is 0.0472. The normalized spacial score (nSPS) is 16.2. The molecule has 3 atom stereocenters. The van der Waals surface area contributed by atoms with Crippen molar-refractivity contribution in [2.45, 2.75) is 38.8 Å². The first kappa shape index (κ1) is 16.5. The van der Waals surface area contributed by atoms with E-state index in [9.17, 15) is 14.1 Å². The molecule has 0 saturated heterocycles. The van der Waals surface area contributed by atoms with Gasteiger partial charge in [0.1, 0.15) is 0 Å². The summed E-state index contributed by atoms with van der Waals surface area (Å²) in [6.45, 7) is 4.37. The minimum atomic E-state index is -0.789. The van der Waals surface area contributed by atoms with Gasteiger partial charge in [0.2, 0.25) is 0 Å². The molecule has 0 aromatic heterocycles. The Labute approximate surface area is 105 Å². The Hall–Kier alpha value is -0.460. The second kappa shape index (κ2) is 9.56. The Bertz CT molecular complexity index is 248. The standard InChI is InChI=1S/C11H23NO4S/c1-4-16-11(14)7-10(13)8-12-9(2)5-6-17(3)15/h9-10,12-13H,4-8H2,1-3H3. The molecule has 0 aliphatic heterocycles. The summed E-state index contributed by atoms with van der Waals surface area (Å²) in [7, 11) is -0.789. The molecule has 0 aliphatic rings. The molecule has 17 heavy (non-hydrogen) atoms. The Morgan fingerprint density at radius 3 is 2.71 bits per heavy atom. The molecule has 6 heteroatoms. The van der Waals surface area contributed by atoms with Gasteiger partial charge < -0.3 is 15.2 Å². The van der Waals surface area contributed by atoms with Crippen molar-refractivity contribution in [2.75, 3.05) is 25.2 Å². The summed E-state index contributed by atoms with van der Waals surface area (Å²) < 4.78 is 15.6. The Kier molecular flexibility index (Phi) is 9.30. The van der Waals surface area contributed by atoms with Gasteiger partial charge in [-0.05, 0) is 20.3 Å². The molecule has 5 nitrogen and oxygen atoms in total. The van der Waals surface area contributed by atoms with Crippen molar-refractivity contribution >= 4 is 16.8 Å². The third kappa shape index (κ3) is 10.4. The molecule has 3 unspecified atom stereocenters. The van der Waals surface area contributed by atoms with Crippen LogP contribution in [-0.2, 0) is 20.3 Å². The topological polar surface area (TPSA) is 75.6 Å². The van der Waals surface area contributed by atoms with Crippen molar-refractivity contribution < 1.29 is 18.8 Å². The lowest BCUT2D eigenvalue weighted by molar-refractivity contribution is -0.145. The lowest BCUT2D eigenvalue weighted by Crippen LogP contribution is -2.35. The fourth-order valence-corrected chi connectivity index (χ4v) is 1.95. The summed E-state index contributed by atoms with van der Waals surface area (Å²) >= 11 is 0. The van der Waals surface area contributed by atoms with Crippen LogP contribution in [0.2, 0.25) is 0 Å². The molecule has 0 aromatic carbocycles. The molecule has 0 fully saturated rings. The first-order valence-electron chi connectivity index (χ1n) is 5.82. The molecule has 0 saturated carbocycles. The molecule has 2 N–H and O–H groups in total. The highest BCUT2D eigenvalue weighted by Gasteiger charge is 2.12. The Balaban J connectivity index is 3.64. The number of carbonyl (C=O) groups is 1. The zero-order chi connectivity index (χ0) is 13.3. The summed E-state index contributed by atoms with van der Waals surface area (Å²) in [5, 5.41) is 12.6. The maximum absolute atomic E-state index is 11.1. The fraction of sp³-hybridized carbons (Fsp3) is 0.909. The lowest BCUT2D eigenvalue weighted by atomic mass is 10.2. The SMILES string of the molecule is CCOC(=O)CC(O)CNC(C)CCS(C)=O. The summed E-state index contributed by atoms with van der Waals surface area (Å²) in [5.41, 5.74) is 0. The van der Waals surface area contributed by atoms with Crippen molar-refractivity contribution in [1.82, 2.24) is 5.32 Å². The van der Waals surface area contributed by atoms with Gasteiger partial charge in [0.15, 0.2) is 0 Å². The molecule has 0 rings (SSSR count). The van der Waals surface area contributed by atoms with Crippen molar-refractivity contribution in [3.63, 3.8) is 0 Å². The number of hydrogen-bond donors (Lipinski definition) is 2. The van der Waals surface area contributed by atoms with Crippen LogP contribution in [0.25, 0.3) is 0 Å². The van der Waals surface area contributed by atoms with Gasteiger partial charge in [-0.3, -0.25) is 9.00 Å². The number of aliphatic hydroxyl groups excluding tert-OH is 1. The highest BCUT2D eigenvalue weighted by molar-refractivity contribution is 7.84. The zero-order valence-electron chi connectivity index (χ0n) is 10.8. The molecule has 0 radical (unpaired) electrons. The molecular weight excluding hydrogens is 242 g/mol. The minimum Gasteiger partial charge on any atom is -0.466 e. The number of hydrogen-bond acceptors (Lipinski definition) is 5. The maximum atomic E-state index is 11.1. The number of esters is 1. The third-order valence-corrected chi connectivity index (χ3v) is 3.06. The van der Waals surface area contributed by atoms with Gasteiger partial charge in [-0.2, -0.15) is 0 Å². The first-order valence-corrected chi connectivity index (χ1v) is 7.55. The monoisotopic (exact) mass is 265 g/mol. The number of rotatable bonds is 9. The smallest absolute Gasteiger partial charge is 0.308 e. The van der Waals surface area contributed by atoms with Crippen LogP contribution in [-0.4, -0.2) is 52.6 Å². The first-order chi connectivity index (χ1) is 7.95. The van der Waals surface area contributed by atoms with E-state index in [4.69, 9.17) is 4.74 Å². The summed E-state index contributed by atoms with van der Waals surface area (Å²) in [6, 6.07) is 0.177. The number of carbonyl (C=O) groups excluding carboxylic acids is 1. The summed E-state index contributed by atoms with van der Waals surface area (Å²) in [6.07, 6.45) is 1.73. The molecule has 0 aliphatic carbocycles. The van der Waals surface area contributed by atoms with Gasteiger partial charge in [0.25, 0.3) is 0 Å². The van der Waals surface area contributed by atoms with Gasteiger partial charge in [0.05, 0.1) is 19.1 Å². The van der Waals surface area contributed by atoms with Crippen LogP contribution >= 0.6 is 0 Å². The molecule has 0 amide bonds. The summed E-state index contributed by atoms with van der Waals surface area (Å²) in [4.78, 5) is 11.1. The van der Waals surface area contributed by atoms with Crippen LogP contribution in [0, 0.1) is 0 Å². The molecule has 102 valence electrons. The van der Waals surface area contributed by atoms with Crippen LogP contribution < -0.4 is 5.32 Å². The van der Waals surface area contributed by atoms with Crippen molar-refractivity contribution in [2.24, 2.45) is 0 Å². The van der Waals surface area contributed by atoms with E-state index in [2.05, 4.69) is 5.32 Å². The van der Waals surface area contributed by atoms with E-state index >= 15 is 0 Å². The molecule has 0 bridgehead atoms. The van der Waals surface area contributed by atoms with E-state index < -0.39 is 16.9 Å². The van der Waals surface area contributed by atoms with Gasteiger partial charge in [-0.15, -0.1) is 0 Å². The van der Waals surface area contributed by atoms with E-state index in [1.54, 1.807) is 13.2 Å². The largest absolute Gasteiger partial charge is 0.466 e. The molecular formula is C11H23NO4S. The van der Waals surface area contributed by atoms with E-state index in [0.29, 0.717) is 18.9 Å². The van der Waals surface area contributed by atoms with Crippen LogP contribution in [0.3, 0.4) is 0 Å². The van der Waals surface area contributed by atoms with E-state index in [1.807, 2.05) is 6.92 Å². The number of aliphatic hydroxyl groups is 1. The minimum absolute atomic E-state index is 0.00721.